The van der Waals surface area contributed by atoms with Gasteiger partial charge in [0.05, 0.1) is 4.47 Å². The van der Waals surface area contributed by atoms with Gasteiger partial charge in [0.15, 0.2) is 5.82 Å². The molecule has 0 aliphatic heterocycles. The Morgan fingerprint density at radius 2 is 2.23 bits per heavy atom. The summed E-state index contributed by atoms with van der Waals surface area (Å²) >= 11 is 5.27. The van der Waals surface area contributed by atoms with E-state index >= 15 is 0 Å². The van der Waals surface area contributed by atoms with Gasteiger partial charge in [0.2, 0.25) is 0 Å². The molecule has 0 aliphatic carbocycles. The van der Waals surface area contributed by atoms with Crippen LogP contribution < -0.4 is 0 Å². The average Bonchev–Trinajstić information content (AvgIpc) is 2.38. The normalized spacial score (nSPS) is 11.1. The summed E-state index contributed by atoms with van der Waals surface area (Å²) in [5, 5.41) is 4.93. The summed E-state index contributed by atoms with van der Waals surface area (Å²) in [5.41, 5.74) is 0.418. The molecule has 0 bridgehead atoms. The number of rotatable bonds is 0. The third-order valence-corrected chi connectivity index (χ3v) is 3.72. The van der Waals surface area contributed by atoms with E-state index in [1.807, 2.05) is 6.07 Å². The number of nitrogens with zero attached hydrogens (tertiary/aromatic N) is 2. The van der Waals surface area contributed by atoms with Crippen molar-refractivity contribution in [2.24, 2.45) is 7.05 Å². The lowest BCUT2D eigenvalue weighted by molar-refractivity contribution is 0.625. The second-order valence-corrected chi connectivity index (χ2v) is 4.55. The number of halogens is 3. The molecule has 0 amide bonds. The summed E-state index contributed by atoms with van der Waals surface area (Å²) in [6.45, 7) is 0. The standard InChI is InChI=1S/C8H5BrFIN2/c1-13-8(11)4-2-3-5(9)6(10)7(4)12-13/h2-3H,1H3. The van der Waals surface area contributed by atoms with Gasteiger partial charge >= 0.3 is 0 Å². The Balaban J connectivity index is 2.94. The minimum atomic E-state index is -0.295. The van der Waals surface area contributed by atoms with Crippen molar-refractivity contribution in [2.45, 2.75) is 0 Å². The van der Waals surface area contributed by atoms with Crippen LogP contribution in [0.4, 0.5) is 4.39 Å². The van der Waals surface area contributed by atoms with Crippen molar-refractivity contribution in [3.05, 3.63) is 26.1 Å². The molecule has 0 unspecified atom stereocenters. The highest BCUT2D eigenvalue weighted by Gasteiger charge is 2.12. The van der Waals surface area contributed by atoms with E-state index in [1.165, 1.54) is 0 Å². The Hall–Kier alpha value is -0.170. The van der Waals surface area contributed by atoms with Crippen LogP contribution in [0.3, 0.4) is 0 Å². The minimum absolute atomic E-state index is 0.295. The fourth-order valence-electron chi connectivity index (χ4n) is 1.17. The Labute approximate surface area is 96.4 Å². The maximum absolute atomic E-state index is 13.5. The Morgan fingerprint density at radius 1 is 1.54 bits per heavy atom. The second-order valence-electron chi connectivity index (χ2n) is 2.67. The molecule has 0 aliphatic rings. The molecule has 0 N–H and O–H groups in total. The number of aryl methyl sites for hydroxylation is 1. The molecule has 5 heteroatoms. The van der Waals surface area contributed by atoms with Crippen molar-refractivity contribution in [1.29, 1.82) is 0 Å². The summed E-state index contributed by atoms with van der Waals surface area (Å²) < 4.78 is 16.5. The first-order valence-corrected chi connectivity index (χ1v) is 5.44. The number of hydrogen-bond donors (Lipinski definition) is 0. The van der Waals surface area contributed by atoms with Gasteiger partial charge in [0.1, 0.15) is 9.22 Å². The highest BCUT2D eigenvalue weighted by Crippen LogP contribution is 2.26. The molecule has 1 aromatic carbocycles. The highest BCUT2D eigenvalue weighted by molar-refractivity contribution is 14.1. The SMILES string of the molecule is Cn1nc2c(F)c(Br)ccc2c1I. The second kappa shape index (κ2) is 3.20. The number of fused-ring (bicyclic) bond motifs is 1. The molecule has 0 spiro atoms. The molecule has 0 fully saturated rings. The lowest BCUT2D eigenvalue weighted by Gasteiger charge is -1.93. The Kier molecular flexibility index (Phi) is 2.31. The van der Waals surface area contributed by atoms with Crippen LogP contribution in [0.5, 0.6) is 0 Å². The molecule has 13 heavy (non-hydrogen) atoms. The van der Waals surface area contributed by atoms with E-state index in [4.69, 9.17) is 0 Å². The molecule has 0 saturated carbocycles. The summed E-state index contributed by atoms with van der Waals surface area (Å²) in [6.07, 6.45) is 0. The smallest absolute Gasteiger partial charge is 0.165 e. The van der Waals surface area contributed by atoms with E-state index in [2.05, 4.69) is 43.6 Å². The minimum Gasteiger partial charge on any atom is -0.261 e. The van der Waals surface area contributed by atoms with Crippen LogP contribution >= 0.6 is 38.5 Å². The third-order valence-electron chi connectivity index (χ3n) is 1.83. The quantitative estimate of drug-likeness (QED) is 0.665. The van der Waals surface area contributed by atoms with Crippen molar-refractivity contribution in [1.82, 2.24) is 9.78 Å². The van der Waals surface area contributed by atoms with Crippen molar-refractivity contribution in [3.63, 3.8) is 0 Å². The zero-order valence-electron chi connectivity index (χ0n) is 6.68. The first kappa shape index (κ1) is 9.39. The largest absolute Gasteiger partial charge is 0.261 e. The van der Waals surface area contributed by atoms with Gasteiger partial charge in [0, 0.05) is 12.4 Å². The van der Waals surface area contributed by atoms with Gasteiger partial charge in [-0.15, -0.1) is 0 Å². The average molecular weight is 355 g/mol. The summed E-state index contributed by atoms with van der Waals surface area (Å²) in [6, 6.07) is 3.55. The lowest BCUT2D eigenvalue weighted by Crippen LogP contribution is -1.91. The van der Waals surface area contributed by atoms with Crippen molar-refractivity contribution < 1.29 is 4.39 Å². The molecule has 0 atom stereocenters. The van der Waals surface area contributed by atoms with Crippen LogP contribution in [0.25, 0.3) is 10.9 Å². The molecule has 0 radical (unpaired) electrons. The van der Waals surface area contributed by atoms with Crippen LogP contribution in [-0.2, 0) is 7.05 Å². The zero-order chi connectivity index (χ0) is 9.59. The maximum Gasteiger partial charge on any atom is 0.165 e. The highest BCUT2D eigenvalue weighted by atomic mass is 127. The molecular formula is C8H5BrFIN2. The molecule has 68 valence electrons. The van der Waals surface area contributed by atoms with Gasteiger partial charge in [-0.25, -0.2) is 4.39 Å². The van der Waals surface area contributed by atoms with Crippen LogP contribution in [0, 0.1) is 9.52 Å². The van der Waals surface area contributed by atoms with Crippen molar-refractivity contribution in [3.8, 4) is 0 Å². The predicted octanol–water partition coefficient (Wildman–Crippen LogP) is 3.08. The molecule has 0 saturated heterocycles. The molecule has 1 aromatic heterocycles. The first-order chi connectivity index (χ1) is 6.11. The molecule has 2 nitrogen and oxygen atoms in total. The van der Waals surface area contributed by atoms with Crippen molar-refractivity contribution >= 4 is 49.4 Å². The van der Waals surface area contributed by atoms with Gasteiger partial charge in [-0.1, -0.05) is 0 Å². The van der Waals surface area contributed by atoms with E-state index in [9.17, 15) is 4.39 Å². The fourth-order valence-corrected chi connectivity index (χ4v) is 2.04. The maximum atomic E-state index is 13.5. The van der Waals surface area contributed by atoms with Crippen molar-refractivity contribution in [2.75, 3.05) is 0 Å². The van der Waals surface area contributed by atoms with E-state index < -0.39 is 0 Å². The molecule has 1 heterocycles. The Bertz CT molecular complexity index is 480. The monoisotopic (exact) mass is 354 g/mol. The predicted molar refractivity (Wildman–Crippen MR) is 61.1 cm³/mol. The van der Waals surface area contributed by atoms with Gasteiger partial charge < -0.3 is 0 Å². The summed E-state index contributed by atoms with van der Waals surface area (Å²) in [4.78, 5) is 0. The Morgan fingerprint density at radius 3 is 2.92 bits per heavy atom. The van der Waals surface area contributed by atoms with Gasteiger partial charge in [0.25, 0.3) is 0 Å². The number of benzene rings is 1. The number of hydrogen-bond acceptors (Lipinski definition) is 1. The fraction of sp³-hybridized carbons (Fsp3) is 0.125. The van der Waals surface area contributed by atoms with Gasteiger partial charge in [-0.05, 0) is 50.7 Å². The molecule has 2 aromatic rings. The topological polar surface area (TPSA) is 17.8 Å². The molecule has 2 rings (SSSR count). The van der Waals surface area contributed by atoms with E-state index in [1.54, 1.807) is 17.8 Å². The van der Waals surface area contributed by atoms with E-state index in [0.717, 1.165) is 9.09 Å². The van der Waals surface area contributed by atoms with E-state index in [-0.39, 0.29) is 5.82 Å². The van der Waals surface area contributed by atoms with Crippen LogP contribution in [0.2, 0.25) is 0 Å². The lowest BCUT2D eigenvalue weighted by atomic mass is 10.2. The summed E-state index contributed by atoms with van der Waals surface area (Å²) in [5.74, 6) is -0.295. The van der Waals surface area contributed by atoms with Crippen LogP contribution in [0.1, 0.15) is 0 Å². The third kappa shape index (κ3) is 1.38. The first-order valence-electron chi connectivity index (χ1n) is 3.57. The molecular weight excluding hydrogens is 350 g/mol. The van der Waals surface area contributed by atoms with E-state index in [0.29, 0.717) is 9.99 Å². The van der Waals surface area contributed by atoms with Crippen LogP contribution in [-0.4, -0.2) is 9.78 Å². The van der Waals surface area contributed by atoms with Gasteiger partial charge in [-0.3, -0.25) is 4.68 Å². The summed E-state index contributed by atoms with van der Waals surface area (Å²) in [7, 11) is 1.80. The number of aromatic nitrogens is 2. The van der Waals surface area contributed by atoms with Crippen LogP contribution in [0.15, 0.2) is 16.6 Å². The van der Waals surface area contributed by atoms with Gasteiger partial charge in [-0.2, -0.15) is 5.10 Å². The zero-order valence-corrected chi connectivity index (χ0v) is 10.4.